The number of nitrogens with one attached hydrogen (secondary N) is 1. The second-order valence-electron chi connectivity index (χ2n) is 7.41. The van der Waals surface area contributed by atoms with Crippen molar-refractivity contribution >= 4 is 34.9 Å². The van der Waals surface area contributed by atoms with E-state index in [4.69, 9.17) is 23.2 Å². The predicted octanol–water partition coefficient (Wildman–Crippen LogP) is 4.11. The molecule has 0 aliphatic carbocycles. The number of benzene rings is 1. The molecule has 1 N–H and O–H groups in total. The Labute approximate surface area is 192 Å². The highest BCUT2D eigenvalue weighted by Gasteiger charge is 2.17. The first-order valence-electron chi connectivity index (χ1n) is 10.5. The quantitative estimate of drug-likeness (QED) is 0.517. The van der Waals surface area contributed by atoms with Gasteiger partial charge in [-0.2, -0.15) is 4.98 Å². The van der Waals surface area contributed by atoms with Gasteiger partial charge in [0.2, 0.25) is 5.91 Å². The van der Waals surface area contributed by atoms with E-state index >= 15 is 0 Å². The largest absolute Gasteiger partial charge is 0.355 e. The molecule has 0 bridgehead atoms. The van der Waals surface area contributed by atoms with Gasteiger partial charge in [0.15, 0.2) is 5.82 Å². The van der Waals surface area contributed by atoms with Gasteiger partial charge in [0.05, 0.1) is 5.02 Å². The van der Waals surface area contributed by atoms with Crippen molar-refractivity contribution in [1.29, 1.82) is 0 Å². The third kappa shape index (κ3) is 5.53. The molecule has 3 aromatic rings. The highest BCUT2D eigenvalue weighted by Crippen LogP contribution is 2.29. The molecule has 3 rings (SSSR count). The summed E-state index contributed by atoms with van der Waals surface area (Å²) < 4.78 is 1.71. The van der Waals surface area contributed by atoms with Crippen LogP contribution in [0.25, 0.3) is 17.2 Å². The number of hydrogen-bond acceptors (Lipinski definition) is 5. The maximum atomic E-state index is 12.3. The van der Waals surface area contributed by atoms with Crippen molar-refractivity contribution < 1.29 is 4.79 Å². The Morgan fingerprint density at radius 1 is 1.16 bits per heavy atom. The summed E-state index contributed by atoms with van der Waals surface area (Å²) in [6.07, 6.45) is 0.992. The Morgan fingerprint density at radius 3 is 2.58 bits per heavy atom. The first-order chi connectivity index (χ1) is 14.8. The lowest BCUT2D eigenvalue weighted by molar-refractivity contribution is -0.121. The monoisotopic (exact) mass is 462 g/mol. The van der Waals surface area contributed by atoms with Crippen molar-refractivity contribution in [2.75, 3.05) is 26.2 Å². The van der Waals surface area contributed by atoms with Crippen LogP contribution in [0, 0.1) is 13.8 Å². The maximum Gasteiger partial charge on any atom is 0.253 e. The summed E-state index contributed by atoms with van der Waals surface area (Å²) >= 11 is 12.3. The smallest absolute Gasteiger partial charge is 0.253 e. The Bertz CT molecular complexity index is 1080. The van der Waals surface area contributed by atoms with E-state index in [-0.39, 0.29) is 5.91 Å². The number of rotatable bonds is 9. The average Bonchev–Trinajstić information content (AvgIpc) is 3.14. The summed E-state index contributed by atoms with van der Waals surface area (Å²) in [4.78, 5) is 23.7. The Balaban J connectivity index is 1.74. The number of carbonyl (C=O) groups is 1. The van der Waals surface area contributed by atoms with E-state index in [0.29, 0.717) is 46.6 Å². The van der Waals surface area contributed by atoms with Crippen molar-refractivity contribution in [3.05, 3.63) is 45.2 Å². The lowest BCUT2D eigenvalue weighted by Crippen LogP contribution is -2.34. The Kier molecular flexibility index (Phi) is 7.86. The second kappa shape index (κ2) is 10.4. The molecule has 0 unspecified atom stereocenters. The van der Waals surface area contributed by atoms with Gasteiger partial charge in [-0.3, -0.25) is 4.79 Å². The molecule has 0 saturated carbocycles. The first kappa shape index (κ1) is 23.4. The second-order valence-corrected chi connectivity index (χ2v) is 8.25. The van der Waals surface area contributed by atoms with Crippen molar-refractivity contribution in [2.24, 2.45) is 0 Å². The van der Waals surface area contributed by atoms with Crippen LogP contribution in [0.2, 0.25) is 10.0 Å². The van der Waals surface area contributed by atoms with Crippen LogP contribution in [-0.2, 0) is 11.2 Å². The molecule has 0 atom stereocenters. The van der Waals surface area contributed by atoms with Crippen LogP contribution in [0.1, 0.15) is 37.2 Å². The van der Waals surface area contributed by atoms with Crippen molar-refractivity contribution in [3.8, 4) is 11.4 Å². The lowest BCUT2D eigenvalue weighted by Gasteiger charge is -2.18. The molecule has 0 spiro atoms. The minimum Gasteiger partial charge on any atom is -0.355 e. The van der Waals surface area contributed by atoms with E-state index in [0.717, 1.165) is 36.6 Å². The fourth-order valence-corrected chi connectivity index (χ4v) is 4.07. The number of aromatic nitrogens is 4. The number of hydrogen-bond donors (Lipinski definition) is 1. The lowest BCUT2D eigenvalue weighted by atomic mass is 10.1. The summed E-state index contributed by atoms with van der Waals surface area (Å²) in [5.41, 5.74) is 3.47. The maximum absolute atomic E-state index is 12.3. The van der Waals surface area contributed by atoms with E-state index in [1.165, 1.54) is 0 Å². The Hall–Kier alpha value is -2.22. The molecule has 2 heterocycles. The number of nitrogens with zero attached hydrogens (tertiary/aromatic N) is 5. The number of aryl methyl sites for hydroxylation is 2. The van der Waals surface area contributed by atoms with E-state index in [2.05, 4.69) is 39.1 Å². The van der Waals surface area contributed by atoms with Gasteiger partial charge in [-0.1, -0.05) is 37.0 Å². The van der Waals surface area contributed by atoms with Gasteiger partial charge in [-0.05, 0) is 57.1 Å². The molecular weight excluding hydrogens is 435 g/mol. The van der Waals surface area contributed by atoms with Crippen molar-refractivity contribution in [1.82, 2.24) is 29.8 Å². The summed E-state index contributed by atoms with van der Waals surface area (Å²) in [5, 5.41) is 8.64. The molecular formula is C22H28Cl2N6O. The van der Waals surface area contributed by atoms with Crippen molar-refractivity contribution in [3.63, 3.8) is 0 Å². The predicted molar refractivity (Wildman–Crippen MR) is 125 cm³/mol. The van der Waals surface area contributed by atoms with Crippen LogP contribution in [-0.4, -0.2) is 56.6 Å². The fraction of sp³-hybridized carbons (Fsp3) is 0.455. The third-order valence-corrected chi connectivity index (χ3v) is 6.02. The molecule has 0 saturated heterocycles. The molecule has 9 heteroatoms. The summed E-state index contributed by atoms with van der Waals surface area (Å²) in [6, 6.07) is 5.22. The van der Waals surface area contributed by atoms with E-state index < -0.39 is 0 Å². The van der Waals surface area contributed by atoms with Crippen LogP contribution < -0.4 is 5.32 Å². The van der Waals surface area contributed by atoms with Crippen molar-refractivity contribution in [2.45, 2.75) is 40.5 Å². The van der Waals surface area contributed by atoms with E-state index in [9.17, 15) is 4.79 Å². The number of carbonyl (C=O) groups excluding carboxylic acids is 1. The van der Waals surface area contributed by atoms with Gasteiger partial charge < -0.3 is 10.2 Å². The van der Waals surface area contributed by atoms with Crippen LogP contribution in [0.4, 0.5) is 0 Å². The van der Waals surface area contributed by atoms with Gasteiger partial charge in [-0.15, -0.1) is 5.10 Å². The van der Waals surface area contributed by atoms with Crippen LogP contribution in [0.5, 0.6) is 0 Å². The van der Waals surface area contributed by atoms with Gasteiger partial charge in [-0.25, -0.2) is 9.50 Å². The van der Waals surface area contributed by atoms with Crippen LogP contribution >= 0.6 is 23.2 Å². The molecule has 0 aliphatic rings. The molecule has 31 heavy (non-hydrogen) atoms. The first-order valence-corrected chi connectivity index (χ1v) is 11.3. The molecule has 0 aliphatic heterocycles. The molecule has 0 fully saturated rings. The molecule has 2 aromatic heterocycles. The molecule has 1 amide bonds. The third-order valence-electron chi connectivity index (χ3n) is 5.47. The number of likely N-dealkylation sites (N-methyl/N-ethyl adjacent to an activating group) is 1. The van der Waals surface area contributed by atoms with E-state index in [1.54, 1.807) is 22.7 Å². The molecule has 0 radical (unpaired) electrons. The molecule has 1 aromatic carbocycles. The number of halogens is 2. The number of amides is 1. The fourth-order valence-electron chi connectivity index (χ4n) is 3.58. The topological polar surface area (TPSA) is 75.4 Å². The van der Waals surface area contributed by atoms with Gasteiger partial charge in [0.1, 0.15) is 0 Å². The normalized spacial score (nSPS) is 11.5. The minimum atomic E-state index is 0.0401. The summed E-state index contributed by atoms with van der Waals surface area (Å²) in [6.45, 7) is 11.6. The zero-order chi connectivity index (χ0) is 22.5. The highest BCUT2D eigenvalue weighted by molar-refractivity contribution is 6.36. The average molecular weight is 463 g/mol. The standard InChI is InChI=1S/C22H28Cl2N6O/c1-5-29(6-2)12-11-25-20(31)10-9-17-14(3)26-22-27-21(28-30(22)15(17)4)18-8-7-16(23)13-19(18)24/h7-8,13H,5-6,9-12H2,1-4H3,(H,25,31). The van der Waals surface area contributed by atoms with Gasteiger partial charge >= 0.3 is 0 Å². The zero-order valence-corrected chi connectivity index (χ0v) is 19.9. The van der Waals surface area contributed by atoms with Gasteiger partial charge in [0.25, 0.3) is 5.78 Å². The molecule has 166 valence electrons. The van der Waals surface area contributed by atoms with E-state index in [1.807, 2.05) is 13.8 Å². The van der Waals surface area contributed by atoms with Gasteiger partial charge in [0, 0.05) is 41.5 Å². The zero-order valence-electron chi connectivity index (χ0n) is 18.4. The van der Waals surface area contributed by atoms with Crippen LogP contribution in [0.3, 0.4) is 0 Å². The highest BCUT2D eigenvalue weighted by atomic mass is 35.5. The Morgan fingerprint density at radius 2 is 1.90 bits per heavy atom. The minimum absolute atomic E-state index is 0.0401. The summed E-state index contributed by atoms with van der Waals surface area (Å²) in [7, 11) is 0. The summed E-state index contributed by atoms with van der Waals surface area (Å²) in [5.74, 6) is 1.03. The number of fused-ring (bicyclic) bond motifs is 1. The SMILES string of the molecule is CCN(CC)CCNC(=O)CCc1c(C)nc2nc(-c3ccc(Cl)cc3Cl)nn2c1C. The van der Waals surface area contributed by atoms with Crippen LogP contribution in [0.15, 0.2) is 18.2 Å². The molecule has 7 nitrogen and oxygen atoms in total.